The molecule has 10 heteroatoms. The summed E-state index contributed by atoms with van der Waals surface area (Å²) >= 11 is 0. The zero-order valence-electron chi connectivity index (χ0n) is 17.0. The number of aliphatic hydroxyl groups is 4. The fraction of sp³-hybridized carbons (Fsp3) is 0.524. The predicted molar refractivity (Wildman–Crippen MR) is 104 cm³/mol. The second-order valence-electron chi connectivity index (χ2n) is 7.66. The number of ether oxygens (including phenoxy) is 1. The Morgan fingerprint density at radius 3 is 2.29 bits per heavy atom. The first-order valence-corrected chi connectivity index (χ1v) is 9.89. The van der Waals surface area contributed by atoms with E-state index in [1.165, 1.54) is 0 Å². The molecule has 0 spiro atoms. The Kier molecular flexibility index (Phi) is 6.97. The van der Waals surface area contributed by atoms with Gasteiger partial charge in [0.1, 0.15) is 24.4 Å². The van der Waals surface area contributed by atoms with E-state index < -0.39 is 49.0 Å². The zero-order chi connectivity index (χ0) is 22.9. The van der Waals surface area contributed by atoms with E-state index >= 15 is 0 Å². The number of rotatable bonds is 5. The van der Waals surface area contributed by atoms with Crippen molar-refractivity contribution in [1.82, 2.24) is 9.97 Å². The SMILES string of the molecule is CC[C@H](c1ccc(-c2cnc(C(F)(F)F)cn2)cc1C)[C@H]1O[C@H](CO)[C@@H](O)[C@H](O)[C@@H]1O. The van der Waals surface area contributed by atoms with E-state index in [9.17, 15) is 33.6 Å². The molecule has 1 aromatic heterocycles. The van der Waals surface area contributed by atoms with Crippen molar-refractivity contribution in [3.8, 4) is 11.3 Å². The van der Waals surface area contributed by atoms with Crippen LogP contribution in [0.3, 0.4) is 0 Å². The normalized spacial score (nSPS) is 27.8. The molecular formula is C21H25F3N2O5. The average Bonchev–Trinajstić information content (AvgIpc) is 2.74. The van der Waals surface area contributed by atoms with E-state index in [4.69, 9.17) is 4.74 Å². The smallest absolute Gasteiger partial charge is 0.394 e. The number of halogens is 3. The van der Waals surface area contributed by atoms with Crippen LogP contribution >= 0.6 is 0 Å². The third-order valence-electron chi connectivity index (χ3n) is 5.67. The minimum absolute atomic E-state index is 0.281. The van der Waals surface area contributed by atoms with Crippen LogP contribution in [-0.2, 0) is 10.9 Å². The lowest BCUT2D eigenvalue weighted by Gasteiger charge is -2.43. The molecular weight excluding hydrogens is 417 g/mol. The van der Waals surface area contributed by atoms with E-state index in [1.807, 2.05) is 13.8 Å². The van der Waals surface area contributed by atoms with Crippen LogP contribution in [0, 0.1) is 6.92 Å². The van der Waals surface area contributed by atoms with Gasteiger partial charge in [0, 0.05) is 11.5 Å². The number of alkyl halides is 3. The second kappa shape index (κ2) is 9.17. The summed E-state index contributed by atoms with van der Waals surface area (Å²) in [6.07, 6.45) is -8.41. The molecule has 1 fully saturated rings. The number of aliphatic hydroxyl groups excluding tert-OH is 4. The Morgan fingerprint density at radius 1 is 1.06 bits per heavy atom. The van der Waals surface area contributed by atoms with Gasteiger partial charge >= 0.3 is 6.18 Å². The highest BCUT2D eigenvalue weighted by molar-refractivity contribution is 5.60. The Bertz CT molecular complexity index is 892. The predicted octanol–water partition coefficient (Wildman–Crippen LogP) is 1.81. The summed E-state index contributed by atoms with van der Waals surface area (Å²) in [4.78, 5) is 7.29. The monoisotopic (exact) mass is 442 g/mol. The van der Waals surface area contributed by atoms with Gasteiger partial charge in [0.25, 0.3) is 0 Å². The van der Waals surface area contributed by atoms with E-state index in [0.717, 1.165) is 17.3 Å². The van der Waals surface area contributed by atoms with Gasteiger partial charge in [-0.15, -0.1) is 0 Å². The van der Waals surface area contributed by atoms with Crippen LogP contribution in [-0.4, -0.2) is 67.5 Å². The molecule has 1 aliphatic heterocycles. The highest BCUT2D eigenvalue weighted by Gasteiger charge is 2.46. The summed E-state index contributed by atoms with van der Waals surface area (Å²) in [5.74, 6) is -0.362. The van der Waals surface area contributed by atoms with Crippen molar-refractivity contribution >= 4 is 0 Å². The van der Waals surface area contributed by atoms with Crippen LogP contribution in [0.2, 0.25) is 0 Å². The Balaban J connectivity index is 1.88. The van der Waals surface area contributed by atoms with Gasteiger partial charge in [0.05, 0.1) is 30.8 Å². The number of aryl methyl sites for hydroxylation is 1. The maximum Gasteiger partial charge on any atom is 0.434 e. The Morgan fingerprint density at radius 2 is 1.77 bits per heavy atom. The molecule has 170 valence electrons. The number of hydrogen-bond donors (Lipinski definition) is 4. The molecule has 4 N–H and O–H groups in total. The summed E-state index contributed by atoms with van der Waals surface area (Å²) in [6.45, 7) is 3.17. The number of aromatic nitrogens is 2. The molecule has 0 amide bonds. The lowest BCUT2D eigenvalue weighted by atomic mass is 9.81. The van der Waals surface area contributed by atoms with Crippen LogP contribution in [0.25, 0.3) is 11.3 Å². The summed E-state index contributed by atoms with van der Waals surface area (Å²) in [5, 5.41) is 40.0. The van der Waals surface area contributed by atoms with E-state index in [-0.39, 0.29) is 11.6 Å². The van der Waals surface area contributed by atoms with Gasteiger partial charge in [0.2, 0.25) is 0 Å². The first-order chi connectivity index (χ1) is 14.6. The standard InChI is InChI=1S/C21H25F3N2O5/c1-3-12(20-19(30)18(29)17(28)15(9-27)31-20)13-5-4-11(6-10(13)2)14-7-26-16(8-25-14)21(22,23)24/h4-8,12,15,17-20,27-30H,3,9H2,1-2H3/t12-,15-,17-,18+,19+,20-/m1/s1. The molecule has 7 nitrogen and oxygen atoms in total. The van der Waals surface area contributed by atoms with Crippen LogP contribution in [0.4, 0.5) is 13.2 Å². The van der Waals surface area contributed by atoms with Crippen LogP contribution in [0.1, 0.15) is 36.1 Å². The number of hydrogen-bond acceptors (Lipinski definition) is 7. The van der Waals surface area contributed by atoms with Crippen LogP contribution in [0.15, 0.2) is 30.6 Å². The first kappa shape index (κ1) is 23.6. The molecule has 31 heavy (non-hydrogen) atoms. The van der Waals surface area contributed by atoms with Gasteiger partial charge in [-0.1, -0.05) is 19.1 Å². The maximum absolute atomic E-state index is 12.7. The Hall–Kier alpha value is -2.11. The number of benzene rings is 1. The largest absolute Gasteiger partial charge is 0.434 e. The third kappa shape index (κ3) is 4.73. The van der Waals surface area contributed by atoms with Crippen molar-refractivity contribution in [1.29, 1.82) is 0 Å². The highest BCUT2D eigenvalue weighted by Crippen LogP contribution is 2.36. The van der Waals surface area contributed by atoms with Crippen molar-refractivity contribution in [3.05, 3.63) is 47.4 Å². The van der Waals surface area contributed by atoms with Crippen LogP contribution in [0.5, 0.6) is 0 Å². The van der Waals surface area contributed by atoms with Gasteiger partial charge in [-0.3, -0.25) is 4.98 Å². The molecule has 1 aromatic carbocycles. The Labute approximate surface area is 177 Å². The highest BCUT2D eigenvalue weighted by atomic mass is 19.4. The summed E-state index contributed by atoms with van der Waals surface area (Å²) in [6, 6.07) is 5.20. The maximum atomic E-state index is 12.7. The minimum Gasteiger partial charge on any atom is -0.394 e. The molecule has 1 saturated heterocycles. The molecule has 6 atom stereocenters. The molecule has 0 aliphatic carbocycles. The summed E-state index contributed by atoms with van der Waals surface area (Å²) in [5.41, 5.74) is 1.37. The van der Waals surface area contributed by atoms with Gasteiger partial charge in [0.15, 0.2) is 5.69 Å². The molecule has 2 heterocycles. The van der Waals surface area contributed by atoms with Crippen LogP contribution < -0.4 is 0 Å². The van der Waals surface area contributed by atoms with Gasteiger partial charge in [-0.05, 0) is 30.5 Å². The number of nitrogens with zero attached hydrogens (tertiary/aromatic N) is 2. The zero-order valence-corrected chi connectivity index (χ0v) is 17.0. The minimum atomic E-state index is -4.56. The second-order valence-corrected chi connectivity index (χ2v) is 7.66. The molecule has 0 saturated carbocycles. The van der Waals surface area contributed by atoms with E-state index in [2.05, 4.69) is 9.97 Å². The summed E-state index contributed by atoms with van der Waals surface area (Å²) in [7, 11) is 0. The average molecular weight is 442 g/mol. The molecule has 2 aromatic rings. The molecule has 3 rings (SSSR count). The molecule has 0 unspecified atom stereocenters. The van der Waals surface area contributed by atoms with Crippen molar-refractivity contribution in [2.75, 3.05) is 6.61 Å². The topological polar surface area (TPSA) is 116 Å². The summed E-state index contributed by atoms with van der Waals surface area (Å²) < 4.78 is 43.8. The van der Waals surface area contributed by atoms with E-state index in [0.29, 0.717) is 18.2 Å². The first-order valence-electron chi connectivity index (χ1n) is 9.89. The van der Waals surface area contributed by atoms with Gasteiger partial charge in [-0.2, -0.15) is 13.2 Å². The van der Waals surface area contributed by atoms with Gasteiger partial charge in [-0.25, -0.2) is 4.98 Å². The molecule has 0 radical (unpaired) electrons. The van der Waals surface area contributed by atoms with Crippen molar-refractivity contribution in [3.63, 3.8) is 0 Å². The van der Waals surface area contributed by atoms with Crippen molar-refractivity contribution in [2.45, 2.75) is 62.9 Å². The van der Waals surface area contributed by atoms with Crippen molar-refractivity contribution in [2.24, 2.45) is 0 Å². The lowest BCUT2D eigenvalue weighted by Crippen LogP contribution is -2.59. The van der Waals surface area contributed by atoms with Gasteiger partial charge < -0.3 is 25.2 Å². The molecule has 1 aliphatic rings. The third-order valence-corrected chi connectivity index (χ3v) is 5.67. The quantitative estimate of drug-likeness (QED) is 0.558. The lowest BCUT2D eigenvalue weighted by molar-refractivity contribution is -0.234. The van der Waals surface area contributed by atoms with E-state index in [1.54, 1.807) is 18.2 Å². The fourth-order valence-corrected chi connectivity index (χ4v) is 3.97. The molecule has 0 bridgehead atoms. The van der Waals surface area contributed by atoms with Crippen molar-refractivity contribution < 1.29 is 38.3 Å². The fourth-order valence-electron chi connectivity index (χ4n) is 3.97.